The van der Waals surface area contributed by atoms with Crippen molar-refractivity contribution in [1.82, 2.24) is 4.72 Å². The van der Waals surface area contributed by atoms with Gasteiger partial charge >= 0.3 is 0 Å². The molecule has 5 nitrogen and oxygen atoms in total. The summed E-state index contributed by atoms with van der Waals surface area (Å²) in [5, 5.41) is 0. The van der Waals surface area contributed by atoms with E-state index >= 15 is 0 Å². The molecule has 0 aliphatic heterocycles. The van der Waals surface area contributed by atoms with Gasteiger partial charge in [0.1, 0.15) is 0 Å². The van der Waals surface area contributed by atoms with Crippen molar-refractivity contribution in [2.24, 2.45) is 0 Å². The summed E-state index contributed by atoms with van der Waals surface area (Å²) in [6.45, 7) is 4.47. The lowest BCUT2D eigenvalue weighted by atomic mass is 10.2. The smallest absolute Gasteiger partial charge is 0.215 e. The van der Waals surface area contributed by atoms with Crippen molar-refractivity contribution < 1.29 is 13.2 Å². The van der Waals surface area contributed by atoms with Crippen LogP contribution in [0.3, 0.4) is 0 Å². The van der Waals surface area contributed by atoms with Crippen LogP contribution in [0.25, 0.3) is 0 Å². The number of anilines is 1. The van der Waals surface area contributed by atoms with Crippen LogP contribution in [-0.2, 0) is 20.5 Å². The van der Waals surface area contributed by atoms with E-state index in [4.69, 9.17) is 10.5 Å². The van der Waals surface area contributed by atoms with Gasteiger partial charge in [0.2, 0.25) is 10.0 Å². The summed E-state index contributed by atoms with van der Waals surface area (Å²) in [4.78, 5) is 0. The average Bonchev–Trinajstić information content (AvgIpc) is 2.27. The molecule has 0 fully saturated rings. The highest BCUT2D eigenvalue weighted by Crippen LogP contribution is 2.08. The number of sulfonamides is 1. The third kappa shape index (κ3) is 6.00. The van der Waals surface area contributed by atoms with E-state index in [1.165, 1.54) is 0 Å². The highest BCUT2D eigenvalue weighted by atomic mass is 32.2. The second-order valence-corrected chi connectivity index (χ2v) is 6.12. The van der Waals surface area contributed by atoms with Crippen LogP contribution in [0, 0.1) is 0 Å². The molecule has 0 spiro atoms. The summed E-state index contributed by atoms with van der Waals surface area (Å²) in [5.74, 6) is -0.0467. The van der Waals surface area contributed by atoms with E-state index in [0.717, 1.165) is 0 Å². The van der Waals surface area contributed by atoms with Crippen LogP contribution in [-0.4, -0.2) is 27.7 Å². The van der Waals surface area contributed by atoms with Crippen molar-refractivity contribution >= 4 is 15.7 Å². The molecule has 0 aliphatic rings. The highest BCUT2D eigenvalue weighted by molar-refractivity contribution is 7.88. The van der Waals surface area contributed by atoms with Crippen LogP contribution in [0.15, 0.2) is 24.3 Å². The number of benzene rings is 1. The largest absolute Gasteiger partial charge is 0.399 e. The van der Waals surface area contributed by atoms with E-state index in [1.807, 2.05) is 13.8 Å². The summed E-state index contributed by atoms with van der Waals surface area (Å²) in [5.41, 5.74) is 6.86. The minimum absolute atomic E-state index is 0.0467. The fourth-order valence-corrected chi connectivity index (χ4v) is 2.50. The Bertz CT molecular complexity index is 455. The van der Waals surface area contributed by atoms with Crippen LogP contribution in [0.5, 0.6) is 0 Å². The van der Waals surface area contributed by atoms with Gasteiger partial charge in [-0.15, -0.1) is 0 Å². The van der Waals surface area contributed by atoms with Gasteiger partial charge in [0, 0.05) is 12.2 Å². The predicted molar refractivity (Wildman–Crippen MR) is 72.6 cm³/mol. The molecule has 1 rings (SSSR count). The van der Waals surface area contributed by atoms with Gasteiger partial charge < -0.3 is 10.5 Å². The summed E-state index contributed by atoms with van der Waals surface area (Å²) in [6, 6.07) is 6.79. The molecular formula is C12H20N2O3S. The first-order chi connectivity index (χ1) is 8.39. The molecule has 0 bridgehead atoms. The zero-order valence-corrected chi connectivity index (χ0v) is 11.5. The minimum atomic E-state index is -3.32. The van der Waals surface area contributed by atoms with Gasteiger partial charge in [-0.3, -0.25) is 0 Å². The van der Waals surface area contributed by atoms with Gasteiger partial charge in [0.05, 0.1) is 18.5 Å². The zero-order valence-electron chi connectivity index (χ0n) is 10.7. The van der Waals surface area contributed by atoms with Crippen LogP contribution in [0.2, 0.25) is 0 Å². The molecule has 0 aromatic heterocycles. The number of ether oxygens (including phenoxy) is 1. The molecule has 0 saturated heterocycles. The van der Waals surface area contributed by atoms with Crippen molar-refractivity contribution in [2.45, 2.75) is 25.7 Å². The Labute approximate surface area is 108 Å². The fraction of sp³-hybridized carbons (Fsp3) is 0.500. The number of nitrogen functional groups attached to an aromatic ring is 1. The van der Waals surface area contributed by atoms with Crippen molar-refractivity contribution in [2.75, 3.05) is 18.9 Å². The Morgan fingerprint density at radius 2 is 1.89 bits per heavy atom. The van der Waals surface area contributed by atoms with Crippen molar-refractivity contribution in [1.29, 1.82) is 0 Å². The third-order valence-corrected chi connectivity index (χ3v) is 3.57. The lowest BCUT2D eigenvalue weighted by Gasteiger charge is -2.09. The second-order valence-electron chi connectivity index (χ2n) is 4.31. The number of nitrogens with one attached hydrogen (secondary N) is 1. The van der Waals surface area contributed by atoms with Gasteiger partial charge in [0.15, 0.2) is 0 Å². The van der Waals surface area contributed by atoms with E-state index in [0.29, 0.717) is 17.9 Å². The molecule has 1 aromatic carbocycles. The summed E-state index contributed by atoms with van der Waals surface area (Å²) in [6.07, 6.45) is 0.103. The van der Waals surface area contributed by atoms with E-state index < -0.39 is 10.0 Å². The molecule has 0 radical (unpaired) electrons. The van der Waals surface area contributed by atoms with Crippen molar-refractivity contribution in [3.63, 3.8) is 0 Å². The fourth-order valence-electron chi connectivity index (χ4n) is 1.38. The van der Waals surface area contributed by atoms with E-state index in [-0.39, 0.29) is 18.4 Å². The third-order valence-electron chi connectivity index (χ3n) is 2.21. The number of hydrogen-bond donors (Lipinski definition) is 2. The summed E-state index contributed by atoms with van der Waals surface area (Å²) >= 11 is 0. The van der Waals surface area contributed by atoms with Gasteiger partial charge in [-0.2, -0.15) is 0 Å². The molecule has 0 heterocycles. The van der Waals surface area contributed by atoms with Crippen LogP contribution < -0.4 is 10.5 Å². The number of rotatable bonds is 7. The van der Waals surface area contributed by atoms with Gasteiger partial charge in [-0.25, -0.2) is 13.1 Å². The van der Waals surface area contributed by atoms with Gasteiger partial charge in [0.25, 0.3) is 0 Å². The van der Waals surface area contributed by atoms with E-state index in [1.54, 1.807) is 24.3 Å². The highest BCUT2D eigenvalue weighted by Gasteiger charge is 2.10. The SMILES string of the molecule is CC(C)OCCNS(=O)(=O)Cc1ccc(N)cc1. The summed E-state index contributed by atoms with van der Waals surface area (Å²) < 4.78 is 31.2. The Morgan fingerprint density at radius 3 is 2.44 bits per heavy atom. The topological polar surface area (TPSA) is 81.4 Å². The Balaban J connectivity index is 2.42. The second kappa shape index (κ2) is 6.72. The van der Waals surface area contributed by atoms with Gasteiger partial charge in [-0.05, 0) is 31.5 Å². The number of hydrogen-bond acceptors (Lipinski definition) is 4. The first kappa shape index (κ1) is 14.9. The molecule has 0 amide bonds. The van der Waals surface area contributed by atoms with Crippen molar-refractivity contribution in [3.05, 3.63) is 29.8 Å². The molecule has 0 aliphatic carbocycles. The maximum absolute atomic E-state index is 11.7. The van der Waals surface area contributed by atoms with Crippen LogP contribution in [0.1, 0.15) is 19.4 Å². The minimum Gasteiger partial charge on any atom is -0.399 e. The average molecular weight is 272 g/mol. The maximum Gasteiger partial charge on any atom is 0.215 e. The molecule has 6 heteroatoms. The number of nitrogens with two attached hydrogens (primary N) is 1. The molecule has 3 N–H and O–H groups in total. The van der Waals surface area contributed by atoms with E-state index in [2.05, 4.69) is 4.72 Å². The molecular weight excluding hydrogens is 252 g/mol. The quantitative estimate of drug-likeness (QED) is 0.575. The van der Waals surface area contributed by atoms with E-state index in [9.17, 15) is 8.42 Å². The first-order valence-corrected chi connectivity index (χ1v) is 7.47. The molecule has 18 heavy (non-hydrogen) atoms. The molecule has 0 unspecified atom stereocenters. The monoisotopic (exact) mass is 272 g/mol. The zero-order chi connectivity index (χ0) is 13.6. The molecule has 1 aromatic rings. The molecule has 0 saturated carbocycles. The standard InChI is InChI=1S/C12H20N2O3S/c1-10(2)17-8-7-14-18(15,16)9-11-3-5-12(13)6-4-11/h3-6,10,14H,7-9,13H2,1-2H3. The maximum atomic E-state index is 11.7. The normalized spacial score (nSPS) is 11.9. The first-order valence-electron chi connectivity index (χ1n) is 5.82. The lowest BCUT2D eigenvalue weighted by molar-refractivity contribution is 0.0834. The molecule has 0 atom stereocenters. The van der Waals surface area contributed by atoms with Crippen molar-refractivity contribution in [3.8, 4) is 0 Å². The Hall–Kier alpha value is -1.11. The molecule has 102 valence electrons. The summed E-state index contributed by atoms with van der Waals surface area (Å²) in [7, 11) is -3.32. The van der Waals surface area contributed by atoms with Crippen LogP contribution in [0.4, 0.5) is 5.69 Å². The lowest BCUT2D eigenvalue weighted by Crippen LogP contribution is -2.29. The van der Waals surface area contributed by atoms with Crippen LogP contribution >= 0.6 is 0 Å². The Morgan fingerprint density at radius 1 is 1.28 bits per heavy atom. The Kier molecular flexibility index (Phi) is 5.58. The van der Waals surface area contributed by atoms with Gasteiger partial charge in [-0.1, -0.05) is 12.1 Å². The predicted octanol–water partition coefficient (Wildman–Crippen LogP) is 1.11.